The van der Waals surface area contributed by atoms with E-state index >= 15 is 0 Å². The number of hydrogen-bond donors (Lipinski definition) is 3. The van der Waals surface area contributed by atoms with E-state index in [4.69, 9.17) is 15.3 Å². The first kappa shape index (κ1) is 11.6. The molecule has 0 saturated heterocycles. The van der Waals surface area contributed by atoms with Crippen LogP contribution in [-0.4, -0.2) is 38.2 Å². The number of rotatable bonds is 3. The Morgan fingerprint density at radius 3 is 2.00 bits per heavy atom. The molecule has 0 bridgehead atoms. The first-order valence-electron chi connectivity index (χ1n) is 4.06. The number of pyridine rings is 1. The molecule has 0 aliphatic heterocycles. The molecule has 0 aromatic carbocycles. The summed E-state index contributed by atoms with van der Waals surface area (Å²) in [6.45, 7) is 1.24. The number of aromatic carboxylic acids is 3. The molecule has 0 aliphatic rings. The van der Waals surface area contributed by atoms with E-state index in [0.717, 1.165) is 6.07 Å². The minimum atomic E-state index is -1.51. The first-order valence-corrected chi connectivity index (χ1v) is 4.06. The van der Waals surface area contributed by atoms with E-state index in [-0.39, 0.29) is 5.69 Å². The molecule has 1 rings (SSSR count). The first-order chi connectivity index (χ1) is 7.34. The topological polar surface area (TPSA) is 125 Å². The molecule has 84 valence electrons. The van der Waals surface area contributed by atoms with Gasteiger partial charge in [-0.1, -0.05) is 0 Å². The third-order valence-corrected chi connectivity index (χ3v) is 1.86. The van der Waals surface area contributed by atoms with Crippen LogP contribution in [0, 0.1) is 6.92 Å². The van der Waals surface area contributed by atoms with E-state index in [1.54, 1.807) is 0 Å². The molecule has 3 N–H and O–H groups in total. The van der Waals surface area contributed by atoms with Gasteiger partial charge in [0.1, 0.15) is 5.69 Å². The van der Waals surface area contributed by atoms with Crippen molar-refractivity contribution in [2.45, 2.75) is 6.92 Å². The second-order valence-corrected chi connectivity index (χ2v) is 2.93. The average Bonchev–Trinajstić information content (AvgIpc) is 2.15. The summed E-state index contributed by atoms with van der Waals surface area (Å²) in [5.41, 5.74) is -1.74. The fraction of sp³-hybridized carbons (Fsp3) is 0.111. The van der Waals surface area contributed by atoms with E-state index in [0.29, 0.717) is 0 Å². The van der Waals surface area contributed by atoms with Gasteiger partial charge in [0, 0.05) is 0 Å². The van der Waals surface area contributed by atoms with E-state index in [1.807, 2.05) is 0 Å². The Balaban J connectivity index is 3.58. The summed E-state index contributed by atoms with van der Waals surface area (Å²) in [5.74, 6) is -4.38. The molecule has 1 aromatic rings. The van der Waals surface area contributed by atoms with Crippen molar-refractivity contribution >= 4 is 17.9 Å². The van der Waals surface area contributed by atoms with Crippen LogP contribution >= 0.6 is 0 Å². The van der Waals surface area contributed by atoms with Gasteiger partial charge in [-0.3, -0.25) is 0 Å². The highest BCUT2D eigenvalue weighted by Gasteiger charge is 2.22. The summed E-state index contributed by atoms with van der Waals surface area (Å²) < 4.78 is 0. The fourth-order valence-electron chi connectivity index (χ4n) is 1.22. The zero-order valence-corrected chi connectivity index (χ0v) is 8.09. The SMILES string of the molecule is Cc1nc(C(=O)O)cc(C(=O)O)c1C(=O)O. The van der Waals surface area contributed by atoms with Gasteiger partial charge >= 0.3 is 17.9 Å². The number of nitrogens with zero attached hydrogens (tertiary/aromatic N) is 1. The van der Waals surface area contributed by atoms with Crippen LogP contribution in [0.3, 0.4) is 0 Å². The highest BCUT2D eigenvalue weighted by Crippen LogP contribution is 2.14. The van der Waals surface area contributed by atoms with E-state index in [2.05, 4.69) is 4.98 Å². The van der Waals surface area contributed by atoms with Gasteiger partial charge in [-0.15, -0.1) is 0 Å². The van der Waals surface area contributed by atoms with Crippen molar-refractivity contribution in [3.63, 3.8) is 0 Å². The van der Waals surface area contributed by atoms with Crippen LogP contribution < -0.4 is 0 Å². The average molecular weight is 225 g/mol. The molecular formula is C9H7NO6. The van der Waals surface area contributed by atoms with Crippen LogP contribution in [0.5, 0.6) is 0 Å². The largest absolute Gasteiger partial charge is 0.478 e. The van der Waals surface area contributed by atoms with Gasteiger partial charge in [-0.25, -0.2) is 19.4 Å². The van der Waals surface area contributed by atoms with Gasteiger partial charge < -0.3 is 15.3 Å². The van der Waals surface area contributed by atoms with E-state index in [1.165, 1.54) is 6.92 Å². The van der Waals surface area contributed by atoms with Gasteiger partial charge in [0.15, 0.2) is 0 Å². The maximum atomic E-state index is 10.8. The second-order valence-electron chi connectivity index (χ2n) is 2.93. The standard InChI is InChI=1S/C9H7NO6/c1-3-6(9(15)16)4(7(11)12)2-5(10-3)8(13)14/h2H,1H3,(H,11,12)(H,13,14)(H,15,16). The smallest absolute Gasteiger partial charge is 0.354 e. The van der Waals surface area contributed by atoms with Crippen molar-refractivity contribution in [2.24, 2.45) is 0 Å². The number of aryl methyl sites for hydroxylation is 1. The van der Waals surface area contributed by atoms with Crippen LogP contribution in [0.1, 0.15) is 36.9 Å². The molecule has 0 amide bonds. The molecule has 1 aromatic heterocycles. The number of carbonyl (C=O) groups is 3. The lowest BCUT2D eigenvalue weighted by atomic mass is 10.1. The van der Waals surface area contributed by atoms with E-state index in [9.17, 15) is 14.4 Å². The zero-order chi connectivity index (χ0) is 12.5. The summed E-state index contributed by atoms with van der Waals surface area (Å²) in [6, 6.07) is 0.723. The number of carboxylic acid groups (broad SMARTS) is 3. The summed E-state index contributed by atoms with van der Waals surface area (Å²) in [6.07, 6.45) is 0. The molecule has 7 heteroatoms. The Bertz CT molecular complexity index is 493. The predicted molar refractivity (Wildman–Crippen MR) is 49.9 cm³/mol. The quantitative estimate of drug-likeness (QED) is 0.683. The van der Waals surface area contributed by atoms with Gasteiger partial charge in [-0.05, 0) is 13.0 Å². The van der Waals surface area contributed by atoms with Crippen LogP contribution in [0.25, 0.3) is 0 Å². The fourth-order valence-corrected chi connectivity index (χ4v) is 1.22. The Labute approximate surface area is 89.0 Å². The molecule has 1 heterocycles. The number of aromatic nitrogens is 1. The van der Waals surface area contributed by atoms with Gasteiger partial charge in [0.2, 0.25) is 0 Å². The molecule has 0 unspecified atom stereocenters. The van der Waals surface area contributed by atoms with Crippen molar-refractivity contribution in [3.05, 3.63) is 28.6 Å². The molecule has 0 spiro atoms. The van der Waals surface area contributed by atoms with Crippen LogP contribution in [0.15, 0.2) is 6.07 Å². The molecule has 16 heavy (non-hydrogen) atoms. The van der Waals surface area contributed by atoms with Crippen molar-refractivity contribution in [3.8, 4) is 0 Å². The lowest BCUT2D eigenvalue weighted by Crippen LogP contribution is -2.15. The Kier molecular flexibility index (Phi) is 2.89. The van der Waals surface area contributed by atoms with Gasteiger partial charge in [0.05, 0.1) is 16.8 Å². The van der Waals surface area contributed by atoms with Crippen molar-refractivity contribution < 1.29 is 29.7 Å². The molecule has 0 saturated carbocycles. The lowest BCUT2D eigenvalue weighted by Gasteiger charge is -2.05. The molecule has 0 aliphatic carbocycles. The van der Waals surface area contributed by atoms with Crippen LogP contribution in [0.2, 0.25) is 0 Å². The van der Waals surface area contributed by atoms with Crippen molar-refractivity contribution in [2.75, 3.05) is 0 Å². The third-order valence-electron chi connectivity index (χ3n) is 1.86. The van der Waals surface area contributed by atoms with Crippen molar-refractivity contribution in [1.29, 1.82) is 0 Å². The molecule has 0 atom stereocenters. The van der Waals surface area contributed by atoms with Crippen LogP contribution in [0.4, 0.5) is 0 Å². The van der Waals surface area contributed by atoms with E-state index < -0.39 is 34.7 Å². The maximum absolute atomic E-state index is 10.8. The summed E-state index contributed by atoms with van der Waals surface area (Å²) in [7, 11) is 0. The maximum Gasteiger partial charge on any atom is 0.354 e. The molecule has 7 nitrogen and oxygen atoms in total. The Hall–Kier alpha value is -2.44. The Morgan fingerprint density at radius 2 is 1.62 bits per heavy atom. The summed E-state index contributed by atoms with van der Waals surface area (Å²) in [5, 5.41) is 26.2. The lowest BCUT2D eigenvalue weighted by molar-refractivity contribution is 0.0646. The van der Waals surface area contributed by atoms with Crippen LogP contribution in [-0.2, 0) is 0 Å². The molecule has 0 radical (unpaired) electrons. The minimum absolute atomic E-state index is 0.148. The normalized spacial score (nSPS) is 9.81. The third kappa shape index (κ3) is 1.97. The Morgan fingerprint density at radius 1 is 1.06 bits per heavy atom. The number of hydrogen-bond acceptors (Lipinski definition) is 4. The van der Waals surface area contributed by atoms with Gasteiger partial charge in [-0.2, -0.15) is 0 Å². The van der Waals surface area contributed by atoms with Crippen molar-refractivity contribution in [1.82, 2.24) is 4.98 Å². The molecular weight excluding hydrogens is 218 g/mol. The summed E-state index contributed by atoms with van der Waals surface area (Å²) in [4.78, 5) is 35.6. The minimum Gasteiger partial charge on any atom is -0.478 e. The highest BCUT2D eigenvalue weighted by atomic mass is 16.4. The van der Waals surface area contributed by atoms with Gasteiger partial charge in [0.25, 0.3) is 0 Å². The predicted octanol–water partition coefficient (Wildman–Crippen LogP) is 0.485. The zero-order valence-electron chi connectivity index (χ0n) is 8.09. The number of carboxylic acids is 3. The molecule has 0 fully saturated rings. The summed E-state index contributed by atoms with van der Waals surface area (Å²) >= 11 is 0. The monoisotopic (exact) mass is 225 g/mol. The highest BCUT2D eigenvalue weighted by molar-refractivity contribution is 6.03. The second kappa shape index (κ2) is 3.97.